The lowest BCUT2D eigenvalue weighted by molar-refractivity contribution is -0.145. The van der Waals surface area contributed by atoms with E-state index in [4.69, 9.17) is 10.5 Å². The number of nitrogens with two attached hydrogens (primary N) is 1. The smallest absolute Gasteiger partial charge is 0.333 e. The molecule has 5 nitrogen and oxygen atoms in total. The summed E-state index contributed by atoms with van der Waals surface area (Å²) in [4.78, 5) is 24.8. The van der Waals surface area contributed by atoms with Gasteiger partial charge < -0.3 is 15.8 Å². The zero-order valence-corrected chi connectivity index (χ0v) is 12.3. The largest absolute Gasteiger partial charge is 0.467 e. The molecule has 21 heavy (non-hydrogen) atoms. The maximum Gasteiger partial charge on any atom is 0.333 e. The van der Waals surface area contributed by atoms with Gasteiger partial charge in [0.05, 0.1) is 7.11 Å². The van der Waals surface area contributed by atoms with Gasteiger partial charge in [-0.3, -0.25) is 4.79 Å². The molecule has 0 saturated carbocycles. The van der Waals surface area contributed by atoms with Gasteiger partial charge in [-0.1, -0.05) is 36.4 Å². The van der Waals surface area contributed by atoms with Crippen LogP contribution in [0.2, 0.25) is 0 Å². The van der Waals surface area contributed by atoms with Crippen molar-refractivity contribution in [2.75, 3.05) is 7.11 Å². The molecule has 1 heterocycles. The summed E-state index contributed by atoms with van der Waals surface area (Å²) in [5, 5.41) is 4.48. The van der Waals surface area contributed by atoms with Gasteiger partial charge >= 0.3 is 5.97 Å². The summed E-state index contributed by atoms with van der Waals surface area (Å²) in [7, 11) is 1.28. The normalized spacial score (nSPS) is 13.2. The third kappa shape index (κ3) is 3.68. The molecule has 0 bridgehead atoms. The number of thiophene rings is 1. The van der Waals surface area contributed by atoms with Gasteiger partial charge in [0.2, 0.25) is 5.91 Å². The number of rotatable bonds is 5. The van der Waals surface area contributed by atoms with Crippen LogP contribution in [0, 0.1) is 0 Å². The third-order valence-corrected chi connectivity index (χ3v) is 3.94. The number of methoxy groups -OCH3 is 1. The molecule has 6 heteroatoms. The van der Waals surface area contributed by atoms with E-state index >= 15 is 0 Å². The molecule has 110 valence electrons. The van der Waals surface area contributed by atoms with E-state index in [1.54, 1.807) is 30.3 Å². The van der Waals surface area contributed by atoms with E-state index in [1.807, 2.05) is 17.5 Å². The van der Waals surface area contributed by atoms with Crippen molar-refractivity contribution in [2.45, 2.75) is 12.1 Å². The Hall–Kier alpha value is -2.18. The van der Waals surface area contributed by atoms with Crippen LogP contribution in [0.5, 0.6) is 0 Å². The molecular weight excluding hydrogens is 288 g/mol. The third-order valence-electron chi connectivity index (χ3n) is 2.99. The van der Waals surface area contributed by atoms with Crippen LogP contribution >= 0.6 is 11.3 Å². The number of hydrogen-bond acceptors (Lipinski definition) is 5. The quantitative estimate of drug-likeness (QED) is 0.825. The van der Waals surface area contributed by atoms with Crippen molar-refractivity contribution in [3.05, 3.63) is 58.3 Å². The standard InChI is InChI=1S/C15H16N2O3S/c1-20-15(19)13(10-6-3-2-4-7-10)17-14(18)12(16)11-8-5-9-21-11/h2-9,12-13H,16H2,1H3,(H,17,18). The fraction of sp³-hybridized carbons (Fsp3) is 0.200. The molecule has 1 amide bonds. The van der Waals surface area contributed by atoms with Crippen LogP contribution in [-0.2, 0) is 14.3 Å². The summed E-state index contributed by atoms with van der Waals surface area (Å²) >= 11 is 1.39. The highest BCUT2D eigenvalue weighted by Gasteiger charge is 2.26. The second kappa shape index (κ2) is 7.01. The van der Waals surface area contributed by atoms with Crippen LogP contribution in [0.4, 0.5) is 0 Å². The predicted octanol–water partition coefficient (Wildman–Crippen LogP) is 1.78. The minimum Gasteiger partial charge on any atom is -0.467 e. The van der Waals surface area contributed by atoms with Crippen LogP contribution in [0.25, 0.3) is 0 Å². The molecule has 0 fully saturated rings. The molecule has 2 unspecified atom stereocenters. The number of ether oxygens (including phenoxy) is 1. The van der Waals surface area contributed by atoms with Crippen molar-refractivity contribution in [1.29, 1.82) is 0 Å². The van der Waals surface area contributed by atoms with Gasteiger partial charge in [-0.2, -0.15) is 0 Å². The molecule has 2 aromatic rings. The highest BCUT2D eigenvalue weighted by atomic mass is 32.1. The molecular formula is C15H16N2O3S. The average Bonchev–Trinajstić information content (AvgIpc) is 3.06. The summed E-state index contributed by atoms with van der Waals surface area (Å²) in [5.74, 6) is -0.954. The fourth-order valence-corrected chi connectivity index (χ4v) is 2.60. The summed E-state index contributed by atoms with van der Waals surface area (Å²) in [5.41, 5.74) is 6.55. The number of nitrogens with one attached hydrogen (secondary N) is 1. The van der Waals surface area contributed by atoms with E-state index in [1.165, 1.54) is 18.4 Å². The molecule has 0 radical (unpaired) electrons. The van der Waals surface area contributed by atoms with Gasteiger partial charge in [0.15, 0.2) is 6.04 Å². The van der Waals surface area contributed by atoms with Gasteiger partial charge in [-0.05, 0) is 17.0 Å². The molecule has 1 aromatic heterocycles. The number of benzene rings is 1. The maximum atomic E-state index is 12.2. The van der Waals surface area contributed by atoms with Crippen molar-refractivity contribution in [1.82, 2.24) is 5.32 Å². The second-order valence-electron chi connectivity index (χ2n) is 4.37. The molecule has 0 aliphatic rings. The average molecular weight is 304 g/mol. The Morgan fingerprint density at radius 3 is 2.48 bits per heavy atom. The second-order valence-corrected chi connectivity index (χ2v) is 5.35. The lowest BCUT2D eigenvalue weighted by atomic mass is 10.1. The Labute approximate surface area is 126 Å². The van der Waals surface area contributed by atoms with Crippen molar-refractivity contribution in [3.63, 3.8) is 0 Å². The summed E-state index contributed by atoms with van der Waals surface area (Å²) in [6, 6.07) is 10.8. The van der Waals surface area contributed by atoms with Crippen molar-refractivity contribution in [3.8, 4) is 0 Å². The molecule has 0 spiro atoms. The van der Waals surface area contributed by atoms with E-state index in [2.05, 4.69) is 5.32 Å². The summed E-state index contributed by atoms with van der Waals surface area (Å²) < 4.78 is 4.75. The summed E-state index contributed by atoms with van der Waals surface area (Å²) in [6.45, 7) is 0. The lowest BCUT2D eigenvalue weighted by Gasteiger charge is -2.19. The predicted molar refractivity (Wildman–Crippen MR) is 80.6 cm³/mol. The molecule has 1 aromatic carbocycles. The highest BCUT2D eigenvalue weighted by molar-refractivity contribution is 7.10. The Kier molecular flexibility index (Phi) is 5.08. The number of carbonyl (C=O) groups is 2. The van der Waals surface area contributed by atoms with Gasteiger partial charge in [-0.15, -0.1) is 11.3 Å². The van der Waals surface area contributed by atoms with Crippen LogP contribution in [0.15, 0.2) is 47.8 Å². The van der Waals surface area contributed by atoms with Gasteiger partial charge in [0, 0.05) is 4.88 Å². The molecule has 2 atom stereocenters. The SMILES string of the molecule is COC(=O)C(NC(=O)C(N)c1cccs1)c1ccccc1. The number of esters is 1. The van der Waals surface area contributed by atoms with Crippen LogP contribution in [-0.4, -0.2) is 19.0 Å². The van der Waals surface area contributed by atoms with Gasteiger partial charge in [0.25, 0.3) is 0 Å². The minimum atomic E-state index is -0.866. The van der Waals surface area contributed by atoms with Crippen molar-refractivity contribution < 1.29 is 14.3 Å². The number of amides is 1. The first kappa shape index (κ1) is 15.2. The molecule has 0 saturated heterocycles. The minimum absolute atomic E-state index is 0.420. The molecule has 0 aliphatic heterocycles. The monoisotopic (exact) mass is 304 g/mol. The zero-order valence-electron chi connectivity index (χ0n) is 11.5. The summed E-state index contributed by atoms with van der Waals surface area (Å²) in [6.07, 6.45) is 0. The Balaban J connectivity index is 2.16. The molecule has 0 aliphatic carbocycles. The van der Waals surface area contributed by atoms with Crippen molar-refractivity contribution in [2.24, 2.45) is 5.73 Å². The van der Waals surface area contributed by atoms with Crippen LogP contribution in [0.3, 0.4) is 0 Å². The number of hydrogen-bond donors (Lipinski definition) is 2. The first-order valence-electron chi connectivity index (χ1n) is 6.35. The topological polar surface area (TPSA) is 81.4 Å². The first-order chi connectivity index (χ1) is 10.1. The number of carbonyl (C=O) groups excluding carboxylic acids is 2. The maximum absolute atomic E-state index is 12.2. The Morgan fingerprint density at radius 1 is 1.19 bits per heavy atom. The fourth-order valence-electron chi connectivity index (χ4n) is 1.87. The van der Waals surface area contributed by atoms with E-state index in [0.29, 0.717) is 5.56 Å². The van der Waals surface area contributed by atoms with Gasteiger partial charge in [0.1, 0.15) is 6.04 Å². The first-order valence-corrected chi connectivity index (χ1v) is 7.23. The van der Waals surface area contributed by atoms with E-state index in [0.717, 1.165) is 4.88 Å². The van der Waals surface area contributed by atoms with Gasteiger partial charge in [-0.25, -0.2) is 4.79 Å². The van der Waals surface area contributed by atoms with Crippen LogP contribution < -0.4 is 11.1 Å². The lowest BCUT2D eigenvalue weighted by Crippen LogP contribution is -2.39. The van der Waals surface area contributed by atoms with Crippen molar-refractivity contribution >= 4 is 23.2 Å². The van der Waals surface area contributed by atoms with E-state index in [9.17, 15) is 9.59 Å². The molecule has 3 N–H and O–H groups in total. The van der Waals surface area contributed by atoms with Crippen LogP contribution in [0.1, 0.15) is 22.5 Å². The Bertz CT molecular complexity index is 599. The molecule has 2 rings (SSSR count). The zero-order chi connectivity index (χ0) is 15.2. The Morgan fingerprint density at radius 2 is 1.90 bits per heavy atom. The van der Waals surface area contributed by atoms with E-state index < -0.39 is 24.0 Å². The van der Waals surface area contributed by atoms with E-state index in [-0.39, 0.29) is 0 Å². The highest BCUT2D eigenvalue weighted by Crippen LogP contribution is 2.19.